The lowest BCUT2D eigenvalue weighted by atomic mass is 9.33. The van der Waals surface area contributed by atoms with Crippen molar-refractivity contribution in [1.82, 2.24) is 0 Å². The lowest BCUT2D eigenvalue weighted by Crippen LogP contribution is -2.65. The Labute approximate surface area is 254 Å². The van der Waals surface area contributed by atoms with Crippen LogP contribution in [0.4, 0.5) is 0 Å². The van der Waals surface area contributed by atoms with Crippen LogP contribution < -0.4 is 0 Å². The fraction of sp³-hybridized carbons (Fsp3) is 0.919. The quantitative estimate of drug-likeness (QED) is 0.188. The number of fused-ring (bicyclic) bond motifs is 7. The molecule has 5 aliphatic rings. The first-order valence-corrected chi connectivity index (χ1v) is 20.0. The monoisotopic (exact) mass is 584 g/mol. The van der Waals surface area contributed by atoms with Gasteiger partial charge in [-0.15, -0.1) is 0 Å². The van der Waals surface area contributed by atoms with E-state index < -0.39 is 8.32 Å². The Morgan fingerprint density at radius 2 is 1.51 bits per heavy atom. The lowest BCUT2D eigenvalue weighted by Gasteiger charge is -2.71. The predicted molar refractivity (Wildman–Crippen MR) is 173 cm³/mol. The second-order valence-electron chi connectivity index (χ2n) is 19.1. The average molecular weight is 585 g/mol. The summed E-state index contributed by atoms with van der Waals surface area (Å²) in [5, 5.41) is 0.238. The number of esters is 1. The first-order valence-electron chi connectivity index (χ1n) is 17.1. The Morgan fingerprint density at radius 1 is 0.878 bits per heavy atom. The molecule has 0 aromatic carbocycles. The summed E-state index contributed by atoms with van der Waals surface area (Å²) in [6, 6.07) is 0. The molecule has 5 aliphatic carbocycles. The number of ether oxygens (including phenoxy) is 1. The summed E-state index contributed by atoms with van der Waals surface area (Å²) in [4.78, 5) is 13.5. The molecule has 234 valence electrons. The largest absolute Gasteiger partial charge is 0.469 e. The van der Waals surface area contributed by atoms with Gasteiger partial charge in [0.05, 0.1) is 18.6 Å². The minimum absolute atomic E-state index is 0.0608. The molecule has 0 aliphatic heterocycles. The first kappa shape index (κ1) is 31.8. The maximum absolute atomic E-state index is 13.5. The highest BCUT2D eigenvalue weighted by atomic mass is 28.4. The molecule has 5 rings (SSSR count). The molecule has 0 heterocycles. The summed E-state index contributed by atoms with van der Waals surface area (Å²) < 4.78 is 12.8. The number of methoxy groups -OCH3 is 1. The zero-order valence-corrected chi connectivity index (χ0v) is 30.2. The summed E-state index contributed by atoms with van der Waals surface area (Å²) in [6.07, 6.45) is 14.6. The van der Waals surface area contributed by atoms with Crippen LogP contribution in [0, 0.1) is 50.2 Å². The van der Waals surface area contributed by atoms with Gasteiger partial charge in [0.25, 0.3) is 0 Å². The third-order valence-electron chi connectivity index (χ3n) is 15.4. The molecule has 4 saturated carbocycles. The molecule has 41 heavy (non-hydrogen) atoms. The molecule has 0 radical (unpaired) electrons. The molecule has 0 bridgehead atoms. The Kier molecular flexibility index (Phi) is 7.33. The fourth-order valence-corrected chi connectivity index (χ4v) is 13.0. The number of hydrogen-bond acceptors (Lipinski definition) is 3. The van der Waals surface area contributed by atoms with Crippen LogP contribution in [0.5, 0.6) is 0 Å². The van der Waals surface area contributed by atoms with Gasteiger partial charge in [0, 0.05) is 0 Å². The highest BCUT2D eigenvalue weighted by Gasteiger charge is 2.69. The van der Waals surface area contributed by atoms with E-state index in [-0.39, 0.29) is 38.1 Å². The summed E-state index contributed by atoms with van der Waals surface area (Å²) >= 11 is 0. The summed E-state index contributed by atoms with van der Waals surface area (Å²) in [7, 11) is -0.228. The highest BCUT2D eigenvalue weighted by molar-refractivity contribution is 6.74. The fourth-order valence-electron chi connectivity index (χ4n) is 11.5. The van der Waals surface area contributed by atoms with Gasteiger partial charge in [-0.2, -0.15) is 0 Å². The zero-order valence-electron chi connectivity index (χ0n) is 29.2. The molecule has 0 aromatic heterocycles. The Hall–Kier alpha value is -0.613. The highest BCUT2D eigenvalue weighted by Crippen LogP contribution is 2.76. The van der Waals surface area contributed by atoms with Gasteiger partial charge in [-0.1, -0.05) is 80.9 Å². The Bertz CT molecular complexity index is 1100. The van der Waals surface area contributed by atoms with E-state index in [2.05, 4.69) is 88.4 Å². The van der Waals surface area contributed by atoms with E-state index in [1.807, 2.05) is 0 Å². The molecule has 3 nitrogen and oxygen atoms in total. The molecular weight excluding hydrogens is 520 g/mol. The molecule has 4 fully saturated rings. The van der Waals surface area contributed by atoms with Crippen molar-refractivity contribution in [3.8, 4) is 0 Å². The van der Waals surface area contributed by atoms with Crippen molar-refractivity contribution in [2.24, 2.45) is 50.2 Å². The second kappa shape index (κ2) is 9.45. The summed E-state index contributed by atoms with van der Waals surface area (Å²) in [5.41, 5.74) is 2.49. The van der Waals surface area contributed by atoms with Crippen LogP contribution in [0.2, 0.25) is 18.1 Å². The Morgan fingerprint density at radius 3 is 2.12 bits per heavy atom. The van der Waals surface area contributed by atoms with E-state index in [0.29, 0.717) is 29.3 Å². The summed E-state index contributed by atoms with van der Waals surface area (Å²) in [6.45, 7) is 29.9. The second-order valence-corrected chi connectivity index (χ2v) is 23.8. The Balaban J connectivity index is 1.51. The molecule has 0 saturated heterocycles. The van der Waals surface area contributed by atoms with Crippen LogP contribution in [-0.4, -0.2) is 27.5 Å². The van der Waals surface area contributed by atoms with E-state index in [9.17, 15) is 4.79 Å². The topological polar surface area (TPSA) is 35.5 Å². The molecule has 0 spiro atoms. The molecule has 0 N–H and O–H groups in total. The maximum Gasteiger partial charge on any atom is 0.312 e. The van der Waals surface area contributed by atoms with E-state index in [1.165, 1.54) is 32.1 Å². The van der Waals surface area contributed by atoms with Gasteiger partial charge >= 0.3 is 5.97 Å². The van der Waals surface area contributed by atoms with Crippen molar-refractivity contribution in [3.63, 3.8) is 0 Å². The van der Waals surface area contributed by atoms with Gasteiger partial charge < -0.3 is 9.16 Å². The smallest absolute Gasteiger partial charge is 0.312 e. The van der Waals surface area contributed by atoms with E-state index in [0.717, 1.165) is 32.1 Å². The van der Waals surface area contributed by atoms with E-state index in [4.69, 9.17) is 9.16 Å². The van der Waals surface area contributed by atoms with Gasteiger partial charge in [-0.05, 0) is 127 Å². The van der Waals surface area contributed by atoms with Crippen LogP contribution in [0.15, 0.2) is 11.6 Å². The predicted octanol–water partition coefficient (Wildman–Crippen LogP) is 10.4. The van der Waals surface area contributed by atoms with Crippen molar-refractivity contribution in [3.05, 3.63) is 11.6 Å². The van der Waals surface area contributed by atoms with Crippen molar-refractivity contribution < 1.29 is 14.0 Å². The lowest BCUT2D eigenvalue weighted by molar-refractivity contribution is -0.204. The number of rotatable bonds is 3. The van der Waals surface area contributed by atoms with Gasteiger partial charge in [0.15, 0.2) is 8.32 Å². The normalized spacial score (nSPS) is 45.3. The average Bonchev–Trinajstić information content (AvgIpc) is 2.84. The number of carbonyl (C=O) groups is 1. The third-order valence-corrected chi connectivity index (χ3v) is 19.9. The van der Waals surface area contributed by atoms with Crippen LogP contribution in [0.25, 0.3) is 0 Å². The van der Waals surface area contributed by atoms with Gasteiger partial charge in [-0.25, -0.2) is 0 Å². The third kappa shape index (κ3) is 4.36. The number of carbonyl (C=O) groups excluding carboxylic acids is 1. The maximum atomic E-state index is 13.5. The molecule has 4 heteroatoms. The first-order chi connectivity index (χ1) is 18.6. The van der Waals surface area contributed by atoms with Crippen LogP contribution in [-0.2, 0) is 14.0 Å². The number of allylic oxidation sites excluding steroid dienone is 2. The van der Waals surface area contributed by atoms with Gasteiger partial charge in [-0.3, -0.25) is 4.79 Å². The van der Waals surface area contributed by atoms with Gasteiger partial charge in [0.1, 0.15) is 0 Å². The standard InChI is InChI=1S/C37H64O3Si/c1-31(2,3)41(12,13)40-29-17-18-34(8)27(33(29,6)7)16-19-36(10)28(34)15-14-25-26-24-32(4,5)20-22-37(26,30(38)39-11)23-21-35(25,36)9/h14,26-29H,15-24H2,1-13H3. The summed E-state index contributed by atoms with van der Waals surface area (Å²) in [5.74, 6) is 1.75. The molecular formula is C37H64O3Si. The molecule has 8 unspecified atom stereocenters. The van der Waals surface area contributed by atoms with Crippen molar-refractivity contribution >= 4 is 14.3 Å². The SMILES string of the molecule is COC(=O)C12CCC(C)(C)CC1C1=CCC3C4(C)CCC(O[Si](C)(C)C(C)(C)C)C(C)(C)C4CCC3(C)C1(C)CC2. The van der Waals surface area contributed by atoms with Crippen molar-refractivity contribution in [2.75, 3.05) is 7.11 Å². The van der Waals surface area contributed by atoms with E-state index >= 15 is 0 Å². The molecule has 8 atom stereocenters. The van der Waals surface area contributed by atoms with Crippen molar-refractivity contribution in [1.29, 1.82) is 0 Å². The number of hydrogen-bond donors (Lipinski definition) is 0. The van der Waals surface area contributed by atoms with E-state index in [1.54, 1.807) is 12.7 Å². The minimum atomic E-state index is -1.84. The van der Waals surface area contributed by atoms with Crippen molar-refractivity contribution in [2.45, 2.75) is 158 Å². The molecule has 0 aromatic rings. The zero-order chi connectivity index (χ0) is 30.7. The van der Waals surface area contributed by atoms with Crippen LogP contribution >= 0.6 is 0 Å². The minimum Gasteiger partial charge on any atom is -0.469 e. The molecule has 0 amide bonds. The van der Waals surface area contributed by atoms with Gasteiger partial charge in [0.2, 0.25) is 0 Å². The van der Waals surface area contributed by atoms with Crippen LogP contribution in [0.3, 0.4) is 0 Å². The van der Waals surface area contributed by atoms with Crippen LogP contribution in [0.1, 0.15) is 133 Å².